The number of benzene rings is 1. The fourth-order valence-corrected chi connectivity index (χ4v) is 1.78. The van der Waals surface area contributed by atoms with Crippen molar-refractivity contribution >= 4 is 11.6 Å². The van der Waals surface area contributed by atoms with Gasteiger partial charge < -0.3 is 15.8 Å². The molecule has 1 atom stereocenters. The summed E-state index contributed by atoms with van der Waals surface area (Å²) in [5.74, 6) is -0.173. The number of anilines is 1. The van der Waals surface area contributed by atoms with Crippen LogP contribution in [-0.2, 0) is 4.79 Å². The molecular formula is C15H23FN2O2. The highest BCUT2D eigenvalue weighted by molar-refractivity contribution is 5.94. The summed E-state index contributed by atoms with van der Waals surface area (Å²) < 4.78 is 19.2. The van der Waals surface area contributed by atoms with Crippen molar-refractivity contribution in [2.45, 2.75) is 46.3 Å². The minimum absolute atomic E-state index is 0.0331. The maximum absolute atomic E-state index is 13.9. The molecule has 5 heteroatoms. The lowest BCUT2D eigenvalue weighted by atomic mass is 10.0. The smallest absolute Gasteiger partial charge is 0.241 e. The van der Waals surface area contributed by atoms with E-state index in [9.17, 15) is 9.18 Å². The van der Waals surface area contributed by atoms with Gasteiger partial charge in [-0.3, -0.25) is 4.79 Å². The van der Waals surface area contributed by atoms with E-state index in [0.717, 1.165) is 0 Å². The Balaban J connectivity index is 2.71. The van der Waals surface area contributed by atoms with Gasteiger partial charge in [-0.2, -0.15) is 0 Å². The van der Waals surface area contributed by atoms with Gasteiger partial charge in [0.25, 0.3) is 0 Å². The van der Waals surface area contributed by atoms with Crippen molar-refractivity contribution in [3.8, 4) is 5.75 Å². The van der Waals surface area contributed by atoms with Crippen molar-refractivity contribution in [2.24, 2.45) is 11.7 Å². The molecule has 1 rings (SSSR count). The Bertz CT molecular complexity index is 461. The predicted molar refractivity (Wildman–Crippen MR) is 78.2 cm³/mol. The van der Waals surface area contributed by atoms with Crippen LogP contribution in [0.15, 0.2) is 18.2 Å². The van der Waals surface area contributed by atoms with Gasteiger partial charge >= 0.3 is 0 Å². The molecule has 20 heavy (non-hydrogen) atoms. The van der Waals surface area contributed by atoms with Crippen molar-refractivity contribution in [3.05, 3.63) is 24.0 Å². The summed E-state index contributed by atoms with van der Waals surface area (Å²) >= 11 is 0. The third-order valence-electron chi connectivity index (χ3n) is 2.63. The molecule has 0 radical (unpaired) electrons. The number of ether oxygens (including phenoxy) is 1. The molecular weight excluding hydrogens is 259 g/mol. The summed E-state index contributed by atoms with van der Waals surface area (Å²) in [5.41, 5.74) is 5.87. The molecule has 0 fully saturated rings. The van der Waals surface area contributed by atoms with Crippen molar-refractivity contribution in [2.75, 3.05) is 5.32 Å². The van der Waals surface area contributed by atoms with Crippen molar-refractivity contribution in [3.63, 3.8) is 0 Å². The van der Waals surface area contributed by atoms with Crippen molar-refractivity contribution in [1.29, 1.82) is 0 Å². The molecule has 0 aliphatic carbocycles. The van der Waals surface area contributed by atoms with Crippen LogP contribution in [-0.4, -0.2) is 18.1 Å². The monoisotopic (exact) mass is 282 g/mol. The minimum Gasteiger partial charge on any atom is -0.491 e. The first-order valence-electron chi connectivity index (χ1n) is 6.82. The fraction of sp³-hybridized carbons (Fsp3) is 0.533. The predicted octanol–water partition coefficient (Wildman–Crippen LogP) is 2.92. The molecule has 4 nitrogen and oxygen atoms in total. The van der Waals surface area contributed by atoms with Crippen molar-refractivity contribution < 1.29 is 13.9 Å². The zero-order valence-corrected chi connectivity index (χ0v) is 12.4. The minimum atomic E-state index is -0.638. The second-order valence-corrected chi connectivity index (χ2v) is 5.53. The second kappa shape index (κ2) is 7.24. The number of carbonyl (C=O) groups excluding carboxylic acids is 1. The molecule has 0 saturated carbocycles. The largest absolute Gasteiger partial charge is 0.491 e. The molecule has 0 unspecified atom stereocenters. The average molecular weight is 282 g/mol. The number of carbonyl (C=O) groups is 1. The Hall–Kier alpha value is -1.62. The number of rotatable bonds is 6. The lowest BCUT2D eigenvalue weighted by Gasteiger charge is -2.15. The van der Waals surface area contributed by atoms with E-state index in [2.05, 4.69) is 5.32 Å². The zero-order chi connectivity index (χ0) is 15.3. The Morgan fingerprint density at radius 2 is 2.00 bits per heavy atom. The van der Waals surface area contributed by atoms with Gasteiger partial charge in [-0.05, 0) is 38.3 Å². The van der Waals surface area contributed by atoms with Gasteiger partial charge in [0.15, 0.2) is 0 Å². The number of nitrogens with two attached hydrogens (primary N) is 1. The summed E-state index contributed by atoms with van der Waals surface area (Å²) in [6, 6.07) is 3.71. The first kappa shape index (κ1) is 16.4. The number of hydrogen-bond donors (Lipinski definition) is 2. The van der Waals surface area contributed by atoms with E-state index in [1.165, 1.54) is 12.1 Å². The first-order chi connectivity index (χ1) is 9.29. The van der Waals surface area contributed by atoms with E-state index in [-0.39, 0.29) is 17.7 Å². The number of nitrogens with one attached hydrogen (secondary N) is 1. The number of hydrogen-bond acceptors (Lipinski definition) is 3. The highest BCUT2D eigenvalue weighted by Crippen LogP contribution is 2.21. The van der Waals surface area contributed by atoms with Crippen LogP contribution in [0.1, 0.15) is 34.1 Å². The Morgan fingerprint density at radius 1 is 1.35 bits per heavy atom. The van der Waals surface area contributed by atoms with Gasteiger partial charge in [0.2, 0.25) is 5.91 Å². The Labute approximate surface area is 119 Å². The van der Waals surface area contributed by atoms with Gasteiger partial charge in [-0.1, -0.05) is 13.8 Å². The van der Waals surface area contributed by atoms with Crippen LogP contribution in [0.4, 0.5) is 10.1 Å². The van der Waals surface area contributed by atoms with Gasteiger partial charge in [0.05, 0.1) is 17.8 Å². The average Bonchev–Trinajstić information content (AvgIpc) is 2.30. The van der Waals surface area contributed by atoms with Crippen LogP contribution in [0.3, 0.4) is 0 Å². The van der Waals surface area contributed by atoms with Crippen LogP contribution in [0, 0.1) is 11.7 Å². The Morgan fingerprint density at radius 3 is 2.50 bits per heavy atom. The van der Waals surface area contributed by atoms with Gasteiger partial charge in [0, 0.05) is 6.07 Å². The first-order valence-corrected chi connectivity index (χ1v) is 6.82. The third-order valence-corrected chi connectivity index (χ3v) is 2.63. The van der Waals surface area contributed by atoms with E-state index >= 15 is 0 Å². The quantitative estimate of drug-likeness (QED) is 0.843. The fourth-order valence-electron chi connectivity index (χ4n) is 1.78. The molecule has 0 aliphatic rings. The topological polar surface area (TPSA) is 64.4 Å². The highest BCUT2D eigenvalue weighted by atomic mass is 19.1. The molecule has 0 aromatic heterocycles. The second-order valence-electron chi connectivity index (χ2n) is 5.53. The van der Waals surface area contributed by atoms with Crippen LogP contribution in [0.5, 0.6) is 5.75 Å². The molecule has 0 aliphatic heterocycles. The van der Waals surface area contributed by atoms with Gasteiger partial charge in [-0.25, -0.2) is 4.39 Å². The summed E-state index contributed by atoms with van der Waals surface area (Å²) in [7, 11) is 0. The number of halogens is 1. The molecule has 1 aromatic carbocycles. The molecule has 112 valence electrons. The molecule has 1 aromatic rings. The maximum Gasteiger partial charge on any atom is 0.241 e. The molecule has 0 spiro atoms. The van der Waals surface area contributed by atoms with Crippen LogP contribution in [0.25, 0.3) is 0 Å². The van der Waals surface area contributed by atoms with Crippen LogP contribution >= 0.6 is 0 Å². The summed E-state index contributed by atoms with van der Waals surface area (Å²) in [5, 5.41) is 2.50. The van der Waals surface area contributed by atoms with Crippen LogP contribution < -0.4 is 15.8 Å². The van der Waals surface area contributed by atoms with Crippen molar-refractivity contribution in [1.82, 2.24) is 0 Å². The van der Waals surface area contributed by atoms with E-state index in [1.54, 1.807) is 6.07 Å². The summed E-state index contributed by atoms with van der Waals surface area (Å²) in [6.45, 7) is 7.68. The highest BCUT2D eigenvalue weighted by Gasteiger charge is 2.16. The third kappa shape index (κ3) is 5.17. The van der Waals surface area contributed by atoms with E-state index in [1.807, 2.05) is 27.7 Å². The zero-order valence-electron chi connectivity index (χ0n) is 12.4. The SMILES string of the molecule is CC(C)C[C@H](N)C(=O)Nc1ccc(OC(C)C)cc1F. The molecule has 0 saturated heterocycles. The normalized spacial score (nSPS) is 12.6. The summed E-state index contributed by atoms with van der Waals surface area (Å²) in [4.78, 5) is 11.8. The number of amides is 1. The summed E-state index contributed by atoms with van der Waals surface area (Å²) in [6.07, 6.45) is 0.524. The Kier molecular flexibility index (Phi) is 5.95. The van der Waals surface area contributed by atoms with E-state index in [0.29, 0.717) is 18.1 Å². The maximum atomic E-state index is 13.9. The standard InChI is InChI=1S/C15H23FN2O2/c1-9(2)7-13(17)15(19)18-14-6-5-11(8-12(14)16)20-10(3)4/h5-6,8-10,13H,7,17H2,1-4H3,(H,18,19)/t13-/m0/s1. The van der Waals surface area contributed by atoms with Crippen LogP contribution in [0.2, 0.25) is 0 Å². The van der Waals surface area contributed by atoms with Gasteiger partial charge in [-0.15, -0.1) is 0 Å². The van der Waals surface area contributed by atoms with E-state index in [4.69, 9.17) is 10.5 Å². The molecule has 3 N–H and O–H groups in total. The van der Waals surface area contributed by atoms with E-state index < -0.39 is 11.9 Å². The lowest BCUT2D eigenvalue weighted by molar-refractivity contribution is -0.117. The molecule has 1 amide bonds. The molecule has 0 heterocycles. The lowest BCUT2D eigenvalue weighted by Crippen LogP contribution is -2.36. The van der Waals surface area contributed by atoms with Gasteiger partial charge in [0.1, 0.15) is 11.6 Å². The molecule has 0 bridgehead atoms.